The van der Waals surface area contributed by atoms with Gasteiger partial charge < -0.3 is 5.11 Å². The third-order valence-electron chi connectivity index (χ3n) is 4.35. The SMILES string of the molecule is CCCC[C@](O)(c1ccccc1)[C@H](C)C(=O)c1ccccc1. The molecule has 2 aromatic carbocycles. The highest BCUT2D eigenvalue weighted by Crippen LogP contribution is 2.36. The van der Waals surface area contributed by atoms with Crippen LogP contribution >= 0.6 is 0 Å². The Morgan fingerprint density at radius 2 is 1.59 bits per heavy atom. The van der Waals surface area contributed by atoms with Crippen LogP contribution in [0.3, 0.4) is 0 Å². The molecule has 0 heterocycles. The minimum Gasteiger partial charge on any atom is -0.384 e. The van der Waals surface area contributed by atoms with Gasteiger partial charge in [0, 0.05) is 5.56 Å². The van der Waals surface area contributed by atoms with Crippen molar-refractivity contribution in [2.75, 3.05) is 0 Å². The van der Waals surface area contributed by atoms with E-state index in [0.717, 1.165) is 18.4 Å². The zero-order valence-corrected chi connectivity index (χ0v) is 13.3. The Kier molecular flexibility index (Phi) is 5.51. The lowest BCUT2D eigenvalue weighted by Gasteiger charge is -2.34. The maximum Gasteiger partial charge on any atom is 0.168 e. The number of carbonyl (C=O) groups is 1. The average Bonchev–Trinajstić information content (AvgIpc) is 2.60. The van der Waals surface area contributed by atoms with Gasteiger partial charge in [-0.1, -0.05) is 87.4 Å². The quantitative estimate of drug-likeness (QED) is 0.759. The topological polar surface area (TPSA) is 37.3 Å². The number of aliphatic hydroxyl groups is 1. The molecule has 0 radical (unpaired) electrons. The van der Waals surface area contributed by atoms with E-state index in [4.69, 9.17) is 0 Å². The van der Waals surface area contributed by atoms with Crippen LogP contribution in [0.1, 0.15) is 49.0 Å². The van der Waals surface area contributed by atoms with Crippen molar-refractivity contribution < 1.29 is 9.90 Å². The molecule has 0 saturated heterocycles. The molecule has 2 heteroatoms. The molecule has 0 aliphatic heterocycles. The van der Waals surface area contributed by atoms with Gasteiger partial charge in [0.1, 0.15) is 0 Å². The Morgan fingerprint density at radius 3 is 2.14 bits per heavy atom. The summed E-state index contributed by atoms with van der Waals surface area (Å²) in [5.74, 6) is -0.494. The van der Waals surface area contributed by atoms with Crippen LogP contribution in [-0.4, -0.2) is 10.9 Å². The third-order valence-corrected chi connectivity index (χ3v) is 4.35. The minimum absolute atomic E-state index is 0.0111. The number of benzene rings is 2. The molecule has 116 valence electrons. The summed E-state index contributed by atoms with van der Waals surface area (Å²) in [6.45, 7) is 3.92. The maximum atomic E-state index is 12.8. The second-order valence-corrected chi connectivity index (χ2v) is 5.85. The normalized spacial score (nSPS) is 15.0. The summed E-state index contributed by atoms with van der Waals surface area (Å²) in [5.41, 5.74) is 0.352. The molecule has 1 N–H and O–H groups in total. The van der Waals surface area contributed by atoms with Crippen molar-refractivity contribution in [3.8, 4) is 0 Å². The van der Waals surface area contributed by atoms with Crippen molar-refractivity contribution in [3.05, 3.63) is 71.8 Å². The molecule has 0 fully saturated rings. The molecule has 22 heavy (non-hydrogen) atoms. The Balaban J connectivity index is 2.34. The molecular weight excluding hydrogens is 272 g/mol. The van der Waals surface area contributed by atoms with Crippen molar-refractivity contribution >= 4 is 5.78 Å². The molecule has 0 saturated carbocycles. The summed E-state index contributed by atoms with van der Waals surface area (Å²) in [4.78, 5) is 12.8. The van der Waals surface area contributed by atoms with Crippen LogP contribution < -0.4 is 0 Å². The Hall–Kier alpha value is -1.93. The van der Waals surface area contributed by atoms with Crippen LogP contribution in [-0.2, 0) is 5.60 Å². The molecule has 0 aliphatic rings. The summed E-state index contributed by atoms with van der Waals surface area (Å²) in [5, 5.41) is 11.3. The van der Waals surface area contributed by atoms with Crippen molar-refractivity contribution in [1.29, 1.82) is 0 Å². The molecule has 2 atom stereocenters. The number of hydrogen-bond acceptors (Lipinski definition) is 2. The van der Waals surface area contributed by atoms with Crippen LogP contribution in [0.25, 0.3) is 0 Å². The average molecular weight is 296 g/mol. The van der Waals surface area contributed by atoms with E-state index in [2.05, 4.69) is 6.92 Å². The highest BCUT2D eigenvalue weighted by atomic mass is 16.3. The fraction of sp³-hybridized carbons (Fsp3) is 0.350. The summed E-state index contributed by atoms with van der Waals surface area (Å²) in [6.07, 6.45) is 2.46. The fourth-order valence-corrected chi connectivity index (χ4v) is 2.85. The second kappa shape index (κ2) is 7.37. The molecule has 0 aromatic heterocycles. The Morgan fingerprint density at radius 1 is 1.05 bits per heavy atom. The van der Waals surface area contributed by atoms with Crippen LogP contribution in [0, 0.1) is 5.92 Å². The molecule has 0 amide bonds. The van der Waals surface area contributed by atoms with Gasteiger partial charge in [0.2, 0.25) is 0 Å². The summed E-state index contributed by atoms with van der Waals surface area (Å²) < 4.78 is 0. The first-order valence-electron chi connectivity index (χ1n) is 7.96. The molecule has 2 rings (SSSR count). The van der Waals surface area contributed by atoms with Crippen molar-refractivity contribution in [2.45, 2.75) is 38.7 Å². The highest BCUT2D eigenvalue weighted by molar-refractivity contribution is 5.98. The first kappa shape index (κ1) is 16.4. The number of Topliss-reactive ketones (excluding diaryl/α,β-unsaturated/α-hetero) is 1. The van der Waals surface area contributed by atoms with E-state index in [1.807, 2.05) is 67.6 Å². The van der Waals surface area contributed by atoms with Crippen LogP contribution in [0.5, 0.6) is 0 Å². The summed E-state index contributed by atoms with van der Waals surface area (Å²) in [7, 11) is 0. The van der Waals surface area contributed by atoms with E-state index in [-0.39, 0.29) is 5.78 Å². The van der Waals surface area contributed by atoms with Gasteiger partial charge in [-0.3, -0.25) is 4.79 Å². The van der Waals surface area contributed by atoms with Gasteiger partial charge >= 0.3 is 0 Å². The molecule has 2 nitrogen and oxygen atoms in total. The van der Waals surface area contributed by atoms with E-state index >= 15 is 0 Å². The lowest BCUT2D eigenvalue weighted by atomic mass is 9.75. The largest absolute Gasteiger partial charge is 0.384 e. The summed E-state index contributed by atoms with van der Waals surface area (Å²) in [6, 6.07) is 18.8. The van der Waals surface area contributed by atoms with E-state index in [9.17, 15) is 9.90 Å². The Labute approximate surface area is 132 Å². The van der Waals surface area contributed by atoms with Crippen molar-refractivity contribution in [3.63, 3.8) is 0 Å². The predicted octanol–water partition coefficient (Wildman–Crippen LogP) is 4.58. The van der Waals surface area contributed by atoms with Gasteiger partial charge in [-0.05, 0) is 12.0 Å². The number of rotatable bonds is 7. The van der Waals surface area contributed by atoms with Gasteiger partial charge in [0.25, 0.3) is 0 Å². The predicted molar refractivity (Wildman–Crippen MR) is 89.8 cm³/mol. The maximum absolute atomic E-state index is 12.8. The van der Waals surface area contributed by atoms with E-state index in [1.165, 1.54) is 0 Å². The Bertz CT molecular complexity index is 592. The van der Waals surface area contributed by atoms with Gasteiger partial charge in [-0.25, -0.2) is 0 Å². The first-order chi connectivity index (χ1) is 10.6. The standard InChI is InChI=1S/C20H24O2/c1-3-4-15-20(22,18-13-9-6-10-14-18)16(2)19(21)17-11-7-5-8-12-17/h5-14,16,22H,3-4,15H2,1-2H3/t16-,20-/m1/s1. The molecule has 0 aliphatic carbocycles. The molecule has 0 spiro atoms. The van der Waals surface area contributed by atoms with Gasteiger partial charge in [-0.2, -0.15) is 0 Å². The van der Waals surface area contributed by atoms with E-state index < -0.39 is 11.5 Å². The van der Waals surface area contributed by atoms with Crippen molar-refractivity contribution in [1.82, 2.24) is 0 Å². The zero-order chi connectivity index (χ0) is 16.0. The molecular formula is C20H24O2. The fourth-order valence-electron chi connectivity index (χ4n) is 2.85. The minimum atomic E-state index is -1.12. The van der Waals surface area contributed by atoms with Gasteiger partial charge in [0.05, 0.1) is 11.5 Å². The van der Waals surface area contributed by atoms with Gasteiger partial charge in [-0.15, -0.1) is 0 Å². The molecule has 2 aromatic rings. The monoisotopic (exact) mass is 296 g/mol. The summed E-state index contributed by atoms with van der Waals surface area (Å²) >= 11 is 0. The first-order valence-corrected chi connectivity index (χ1v) is 7.96. The van der Waals surface area contributed by atoms with Gasteiger partial charge in [0.15, 0.2) is 5.78 Å². The van der Waals surface area contributed by atoms with E-state index in [1.54, 1.807) is 0 Å². The van der Waals surface area contributed by atoms with Crippen LogP contribution in [0.4, 0.5) is 0 Å². The number of unbranched alkanes of at least 4 members (excludes halogenated alkanes) is 1. The van der Waals surface area contributed by atoms with Crippen LogP contribution in [0.15, 0.2) is 60.7 Å². The van der Waals surface area contributed by atoms with E-state index in [0.29, 0.717) is 12.0 Å². The molecule has 0 unspecified atom stereocenters. The number of ketones is 1. The molecule has 0 bridgehead atoms. The highest BCUT2D eigenvalue weighted by Gasteiger charge is 2.39. The van der Waals surface area contributed by atoms with Crippen LogP contribution in [0.2, 0.25) is 0 Å². The zero-order valence-electron chi connectivity index (χ0n) is 13.3. The van der Waals surface area contributed by atoms with Crippen molar-refractivity contribution in [2.24, 2.45) is 5.92 Å². The third kappa shape index (κ3) is 3.45. The lowest BCUT2D eigenvalue weighted by molar-refractivity contribution is -0.0183. The smallest absolute Gasteiger partial charge is 0.168 e. The number of hydrogen-bond donors (Lipinski definition) is 1. The number of carbonyl (C=O) groups excluding carboxylic acids is 1. The lowest BCUT2D eigenvalue weighted by Crippen LogP contribution is -2.38. The second-order valence-electron chi connectivity index (χ2n) is 5.85.